The molecule has 0 aromatic carbocycles. The van der Waals surface area contributed by atoms with Crippen molar-refractivity contribution in [3.8, 4) is 0 Å². The second-order valence-electron chi connectivity index (χ2n) is 4.98. The number of hydrazine groups is 1. The predicted molar refractivity (Wildman–Crippen MR) is 56.7 cm³/mol. The van der Waals surface area contributed by atoms with Crippen molar-refractivity contribution in [2.24, 2.45) is 5.41 Å². The van der Waals surface area contributed by atoms with Gasteiger partial charge in [0, 0.05) is 31.6 Å². The van der Waals surface area contributed by atoms with E-state index in [1.165, 1.54) is 0 Å². The fraction of sp³-hybridized carbons (Fsp3) is 0.900. The predicted octanol–water partition coefficient (Wildman–Crippen LogP) is 0.311. The lowest BCUT2D eigenvalue weighted by atomic mass is 9.96. The first-order chi connectivity index (χ1) is 6.39. The minimum Gasteiger partial charge on any atom is -0.304 e. The molecule has 1 saturated heterocycles. The Morgan fingerprint density at radius 2 is 1.64 bits per heavy atom. The largest absolute Gasteiger partial charge is 0.304 e. The molecule has 1 fully saturated rings. The molecular formula is C10H21N3O. The van der Waals surface area contributed by atoms with E-state index in [1.807, 2.05) is 25.8 Å². The number of hydrogen-bond acceptors (Lipinski definition) is 3. The minimum absolute atomic E-state index is 0.0991. The van der Waals surface area contributed by atoms with E-state index in [0.29, 0.717) is 0 Å². The van der Waals surface area contributed by atoms with Crippen molar-refractivity contribution in [1.29, 1.82) is 0 Å². The molecule has 0 aliphatic carbocycles. The van der Waals surface area contributed by atoms with Gasteiger partial charge < -0.3 is 4.90 Å². The number of rotatable bonds is 1. The zero-order chi connectivity index (χ0) is 10.8. The van der Waals surface area contributed by atoms with Crippen LogP contribution in [0.4, 0.5) is 0 Å². The molecule has 0 atom stereocenters. The number of hydrogen-bond donors (Lipinski definition) is 1. The highest BCUT2D eigenvalue weighted by atomic mass is 16.2. The number of nitrogens with one attached hydrogen (secondary N) is 1. The molecule has 1 N–H and O–H groups in total. The summed E-state index contributed by atoms with van der Waals surface area (Å²) in [6.45, 7) is 9.65. The average Bonchev–Trinajstić information content (AvgIpc) is 2.07. The number of piperazine rings is 1. The first-order valence-corrected chi connectivity index (χ1v) is 5.14. The molecule has 4 nitrogen and oxygen atoms in total. The van der Waals surface area contributed by atoms with Crippen molar-refractivity contribution in [3.63, 3.8) is 0 Å². The van der Waals surface area contributed by atoms with Gasteiger partial charge in [-0.25, -0.2) is 5.01 Å². The van der Waals surface area contributed by atoms with Gasteiger partial charge in [-0.05, 0) is 7.05 Å². The average molecular weight is 199 g/mol. The monoisotopic (exact) mass is 199 g/mol. The van der Waals surface area contributed by atoms with Crippen LogP contribution >= 0.6 is 0 Å². The SMILES string of the molecule is CN1CCN(NC(=O)C(C)(C)C)CC1. The zero-order valence-electron chi connectivity index (χ0n) is 9.63. The standard InChI is InChI=1S/C10H21N3O/c1-10(2,3)9(14)11-13-7-5-12(4)6-8-13/h5-8H2,1-4H3,(H,11,14). The molecule has 1 amide bonds. The molecule has 1 aliphatic rings. The van der Waals surface area contributed by atoms with Crippen molar-refractivity contribution in [2.75, 3.05) is 33.2 Å². The molecule has 0 bridgehead atoms. The van der Waals surface area contributed by atoms with Crippen molar-refractivity contribution in [3.05, 3.63) is 0 Å². The van der Waals surface area contributed by atoms with Gasteiger partial charge in [-0.3, -0.25) is 10.2 Å². The van der Waals surface area contributed by atoms with E-state index in [1.54, 1.807) is 0 Å². The summed E-state index contributed by atoms with van der Waals surface area (Å²) in [4.78, 5) is 13.9. The number of likely N-dealkylation sites (N-methyl/N-ethyl adjacent to an activating group) is 1. The lowest BCUT2D eigenvalue weighted by Crippen LogP contribution is -2.54. The van der Waals surface area contributed by atoms with Crippen LogP contribution in [0.5, 0.6) is 0 Å². The van der Waals surface area contributed by atoms with Crippen LogP contribution < -0.4 is 5.43 Å². The van der Waals surface area contributed by atoms with Gasteiger partial charge in [-0.2, -0.15) is 0 Å². The van der Waals surface area contributed by atoms with Crippen molar-refractivity contribution in [2.45, 2.75) is 20.8 Å². The van der Waals surface area contributed by atoms with Crippen LogP contribution in [0.25, 0.3) is 0 Å². The van der Waals surface area contributed by atoms with Crippen LogP contribution in [0, 0.1) is 5.41 Å². The lowest BCUT2D eigenvalue weighted by molar-refractivity contribution is -0.134. The summed E-state index contributed by atoms with van der Waals surface area (Å²) >= 11 is 0. The second kappa shape index (κ2) is 4.28. The van der Waals surface area contributed by atoms with E-state index >= 15 is 0 Å². The van der Waals surface area contributed by atoms with E-state index in [9.17, 15) is 4.79 Å². The smallest absolute Gasteiger partial charge is 0.239 e. The highest BCUT2D eigenvalue weighted by Gasteiger charge is 2.24. The summed E-state index contributed by atoms with van der Waals surface area (Å²) in [5.41, 5.74) is 2.64. The van der Waals surface area contributed by atoms with Gasteiger partial charge in [0.15, 0.2) is 0 Å². The lowest BCUT2D eigenvalue weighted by Gasteiger charge is -2.34. The molecule has 4 heteroatoms. The van der Waals surface area contributed by atoms with Crippen LogP contribution in [0.1, 0.15) is 20.8 Å². The molecule has 0 saturated carbocycles. The summed E-state index contributed by atoms with van der Waals surface area (Å²) in [6.07, 6.45) is 0. The molecular weight excluding hydrogens is 178 g/mol. The molecule has 0 unspecified atom stereocenters. The highest BCUT2D eigenvalue weighted by Crippen LogP contribution is 2.12. The van der Waals surface area contributed by atoms with E-state index in [4.69, 9.17) is 0 Å². The molecule has 0 aromatic rings. The maximum Gasteiger partial charge on any atom is 0.239 e. The van der Waals surface area contributed by atoms with Gasteiger partial charge in [0.2, 0.25) is 5.91 Å². The zero-order valence-corrected chi connectivity index (χ0v) is 9.63. The Balaban J connectivity index is 2.35. The summed E-state index contributed by atoms with van der Waals surface area (Å²) in [6, 6.07) is 0. The second-order valence-corrected chi connectivity index (χ2v) is 4.98. The van der Waals surface area contributed by atoms with Crippen LogP contribution in [-0.4, -0.2) is 49.0 Å². The van der Waals surface area contributed by atoms with E-state index in [2.05, 4.69) is 17.4 Å². The Kier molecular flexibility index (Phi) is 3.50. The third-order valence-corrected chi connectivity index (χ3v) is 2.44. The number of amides is 1. The van der Waals surface area contributed by atoms with E-state index in [-0.39, 0.29) is 11.3 Å². The van der Waals surface area contributed by atoms with Gasteiger partial charge in [-0.15, -0.1) is 0 Å². The normalized spacial score (nSPS) is 20.9. The van der Waals surface area contributed by atoms with Crippen LogP contribution in [0.3, 0.4) is 0 Å². The third kappa shape index (κ3) is 3.27. The molecule has 0 radical (unpaired) electrons. The fourth-order valence-corrected chi connectivity index (χ4v) is 1.23. The van der Waals surface area contributed by atoms with Gasteiger partial charge in [0.05, 0.1) is 0 Å². The van der Waals surface area contributed by atoms with Crippen molar-refractivity contribution < 1.29 is 4.79 Å². The molecule has 0 aromatic heterocycles. The Hall–Kier alpha value is -0.610. The van der Waals surface area contributed by atoms with Crippen LogP contribution in [0.15, 0.2) is 0 Å². The molecule has 1 heterocycles. The van der Waals surface area contributed by atoms with Gasteiger partial charge in [-0.1, -0.05) is 20.8 Å². The molecule has 14 heavy (non-hydrogen) atoms. The summed E-state index contributed by atoms with van der Waals surface area (Å²) in [5.74, 6) is 0.0991. The van der Waals surface area contributed by atoms with Crippen LogP contribution in [0.2, 0.25) is 0 Å². The van der Waals surface area contributed by atoms with Crippen LogP contribution in [-0.2, 0) is 4.79 Å². The topological polar surface area (TPSA) is 35.6 Å². The fourth-order valence-electron chi connectivity index (χ4n) is 1.23. The summed E-state index contributed by atoms with van der Waals surface area (Å²) in [5, 5.41) is 2.01. The molecule has 1 rings (SSSR count). The highest BCUT2D eigenvalue weighted by molar-refractivity contribution is 5.80. The molecule has 82 valence electrons. The maximum atomic E-state index is 11.6. The number of nitrogens with zero attached hydrogens (tertiary/aromatic N) is 2. The Morgan fingerprint density at radius 3 is 2.07 bits per heavy atom. The summed E-state index contributed by atoms with van der Waals surface area (Å²) < 4.78 is 0. The van der Waals surface area contributed by atoms with Crippen molar-refractivity contribution >= 4 is 5.91 Å². The Labute approximate surface area is 86.2 Å². The molecule has 0 spiro atoms. The Bertz CT molecular complexity index is 202. The third-order valence-electron chi connectivity index (χ3n) is 2.44. The minimum atomic E-state index is -0.302. The number of carbonyl (C=O) groups excluding carboxylic acids is 1. The van der Waals surface area contributed by atoms with Gasteiger partial charge >= 0.3 is 0 Å². The quantitative estimate of drug-likeness (QED) is 0.660. The molecule has 1 aliphatic heterocycles. The first-order valence-electron chi connectivity index (χ1n) is 5.14. The van der Waals surface area contributed by atoms with Gasteiger partial charge in [0.25, 0.3) is 0 Å². The van der Waals surface area contributed by atoms with E-state index < -0.39 is 0 Å². The first kappa shape index (κ1) is 11.5. The summed E-state index contributed by atoms with van der Waals surface area (Å²) in [7, 11) is 2.10. The van der Waals surface area contributed by atoms with Crippen molar-refractivity contribution in [1.82, 2.24) is 15.3 Å². The van der Waals surface area contributed by atoms with Gasteiger partial charge in [0.1, 0.15) is 0 Å². The van der Waals surface area contributed by atoms with E-state index in [0.717, 1.165) is 26.2 Å². The number of carbonyl (C=O) groups is 1. The maximum absolute atomic E-state index is 11.6. The Morgan fingerprint density at radius 1 is 1.14 bits per heavy atom.